The molecule has 1 heterocycles. The van der Waals surface area contributed by atoms with Crippen molar-refractivity contribution in [2.75, 3.05) is 13.2 Å². The summed E-state index contributed by atoms with van der Waals surface area (Å²) in [5.74, 6) is -1.000. The lowest BCUT2D eigenvalue weighted by atomic mass is 10.2. The van der Waals surface area contributed by atoms with Gasteiger partial charge < -0.3 is 19.9 Å². The molecule has 0 aromatic heterocycles. The van der Waals surface area contributed by atoms with Crippen molar-refractivity contribution in [2.45, 2.75) is 31.8 Å². The average molecular weight is 265 g/mol. The van der Waals surface area contributed by atoms with E-state index in [0.717, 1.165) is 0 Å². The summed E-state index contributed by atoms with van der Waals surface area (Å²) in [6.45, 7) is 4.18. The van der Waals surface area contributed by atoms with E-state index < -0.39 is 11.8 Å². The molecular formula is C14H19NO4. The standard InChI is InChI=1S/C14H19NO4/c1-14(2)18-9-12(19-14)11(15)8-17-13(16)10-6-4-3-5-7-10/h3-7,11-12H,8-9,15H2,1-2H3/t11-,12-/m0/s1. The molecule has 0 radical (unpaired) electrons. The highest BCUT2D eigenvalue weighted by molar-refractivity contribution is 5.89. The molecule has 0 unspecified atom stereocenters. The van der Waals surface area contributed by atoms with Gasteiger partial charge in [-0.15, -0.1) is 0 Å². The van der Waals surface area contributed by atoms with Crippen molar-refractivity contribution >= 4 is 5.97 Å². The van der Waals surface area contributed by atoms with Gasteiger partial charge in [0.25, 0.3) is 0 Å². The topological polar surface area (TPSA) is 70.8 Å². The lowest BCUT2D eigenvalue weighted by molar-refractivity contribution is -0.141. The van der Waals surface area contributed by atoms with Gasteiger partial charge in [0, 0.05) is 0 Å². The Morgan fingerprint density at radius 3 is 2.74 bits per heavy atom. The third kappa shape index (κ3) is 3.76. The second kappa shape index (κ2) is 5.69. The van der Waals surface area contributed by atoms with Crippen LogP contribution >= 0.6 is 0 Å². The number of benzene rings is 1. The molecule has 0 saturated carbocycles. The van der Waals surface area contributed by atoms with Gasteiger partial charge in [-0.3, -0.25) is 0 Å². The first-order valence-corrected chi connectivity index (χ1v) is 6.27. The van der Waals surface area contributed by atoms with Crippen molar-refractivity contribution < 1.29 is 19.0 Å². The number of rotatable bonds is 4. The SMILES string of the molecule is CC1(C)OC[C@@H]([C@@H](N)COC(=O)c2ccccc2)O1. The van der Waals surface area contributed by atoms with Gasteiger partial charge in [0.15, 0.2) is 5.79 Å². The molecule has 1 fully saturated rings. The molecule has 19 heavy (non-hydrogen) atoms. The summed E-state index contributed by atoms with van der Waals surface area (Å²) in [4.78, 5) is 11.7. The second-order valence-corrected chi connectivity index (χ2v) is 5.00. The normalized spacial score (nSPS) is 23.0. The lowest BCUT2D eigenvalue weighted by Gasteiger charge is -2.20. The van der Waals surface area contributed by atoms with Gasteiger partial charge in [0.1, 0.15) is 12.7 Å². The Balaban J connectivity index is 1.81. The Morgan fingerprint density at radius 1 is 1.47 bits per heavy atom. The van der Waals surface area contributed by atoms with Gasteiger partial charge in [0.2, 0.25) is 0 Å². The predicted octanol–water partition coefficient (Wildman–Crippen LogP) is 1.32. The van der Waals surface area contributed by atoms with E-state index in [2.05, 4.69) is 0 Å². The zero-order chi connectivity index (χ0) is 13.9. The number of carbonyl (C=O) groups is 1. The molecule has 5 nitrogen and oxygen atoms in total. The fourth-order valence-corrected chi connectivity index (χ4v) is 1.86. The third-order valence-corrected chi connectivity index (χ3v) is 2.92. The van der Waals surface area contributed by atoms with E-state index in [1.54, 1.807) is 24.3 Å². The van der Waals surface area contributed by atoms with E-state index in [1.807, 2.05) is 19.9 Å². The molecule has 2 N–H and O–H groups in total. The van der Waals surface area contributed by atoms with Crippen LogP contribution in [0, 0.1) is 0 Å². The van der Waals surface area contributed by atoms with Crippen molar-refractivity contribution in [3.8, 4) is 0 Å². The van der Waals surface area contributed by atoms with E-state index >= 15 is 0 Å². The minimum atomic E-state index is -0.619. The molecule has 104 valence electrons. The first kappa shape index (κ1) is 14.0. The monoisotopic (exact) mass is 265 g/mol. The van der Waals surface area contributed by atoms with Crippen LogP contribution in [-0.2, 0) is 14.2 Å². The fraction of sp³-hybridized carbons (Fsp3) is 0.500. The minimum absolute atomic E-state index is 0.109. The van der Waals surface area contributed by atoms with E-state index in [1.165, 1.54) is 0 Å². The molecule has 2 rings (SSSR count). The summed E-state index contributed by atoms with van der Waals surface area (Å²) in [7, 11) is 0. The molecule has 0 aliphatic carbocycles. The van der Waals surface area contributed by atoms with Gasteiger partial charge in [-0.25, -0.2) is 4.79 Å². The summed E-state index contributed by atoms with van der Waals surface area (Å²) in [6.07, 6.45) is -0.251. The summed E-state index contributed by atoms with van der Waals surface area (Å²) in [6, 6.07) is 8.42. The quantitative estimate of drug-likeness (QED) is 0.831. The van der Waals surface area contributed by atoms with Crippen LogP contribution in [-0.4, -0.2) is 37.1 Å². The number of hydrogen-bond donors (Lipinski definition) is 1. The lowest BCUT2D eigenvalue weighted by Crippen LogP contribution is -2.41. The van der Waals surface area contributed by atoms with Crippen LogP contribution in [0.2, 0.25) is 0 Å². The van der Waals surface area contributed by atoms with Gasteiger partial charge in [-0.05, 0) is 26.0 Å². The van der Waals surface area contributed by atoms with Crippen LogP contribution in [0.5, 0.6) is 0 Å². The number of carbonyl (C=O) groups excluding carboxylic acids is 1. The maximum Gasteiger partial charge on any atom is 0.338 e. The summed E-state index contributed by atoms with van der Waals surface area (Å²) < 4.78 is 16.2. The number of hydrogen-bond acceptors (Lipinski definition) is 5. The zero-order valence-electron chi connectivity index (χ0n) is 11.2. The maximum absolute atomic E-state index is 11.7. The van der Waals surface area contributed by atoms with Gasteiger partial charge in [-0.2, -0.15) is 0 Å². The van der Waals surface area contributed by atoms with Crippen LogP contribution in [0.1, 0.15) is 24.2 Å². The van der Waals surface area contributed by atoms with Crippen LogP contribution in [0.15, 0.2) is 30.3 Å². The number of nitrogens with two attached hydrogens (primary N) is 1. The van der Waals surface area contributed by atoms with Gasteiger partial charge in [-0.1, -0.05) is 18.2 Å². The molecule has 1 aliphatic rings. The largest absolute Gasteiger partial charge is 0.460 e. The smallest absolute Gasteiger partial charge is 0.338 e. The molecule has 1 saturated heterocycles. The molecule has 2 atom stereocenters. The van der Waals surface area contributed by atoms with Crippen molar-refractivity contribution in [1.82, 2.24) is 0 Å². The van der Waals surface area contributed by atoms with Crippen molar-refractivity contribution in [3.63, 3.8) is 0 Å². The van der Waals surface area contributed by atoms with E-state index in [0.29, 0.717) is 12.2 Å². The molecule has 0 bridgehead atoms. The minimum Gasteiger partial charge on any atom is -0.460 e. The highest BCUT2D eigenvalue weighted by Gasteiger charge is 2.36. The summed E-state index contributed by atoms with van der Waals surface area (Å²) >= 11 is 0. The predicted molar refractivity (Wildman–Crippen MR) is 69.6 cm³/mol. The molecule has 1 aromatic rings. The van der Waals surface area contributed by atoms with Gasteiger partial charge in [0.05, 0.1) is 18.2 Å². The fourth-order valence-electron chi connectivity index (χ4n) is 1.86. The van der Waals surface area contributed by atoms with Crippen molar-refractivity contribution in [1.29, 1.82) is 0 Å². The molecule has 1 aliphatic heterocycles. The Labute approximate surface area is 112 Å². The third-order valence-electron chi connectivity index (χ3n) is 2.92. The molecule has 1 aromatic carbocycles. The van der Waals surface area contributed by atoms with E-state index in [4.69, 9.17) is 19.9 Å². The summed E-state index contributed by atoms with van der Waals surface area (Å²) in [5.41, 5.74) is 6.46. The summed E-state index contributed by atoms with van der Waals surface area (Å²) in [5, 5.41) is 0. The van der Waals surface area contributed by atoms with Crippen LogP contribution in [0.3, 0.4) is 0 Å². The van der Waals surface area contributed by atoms with Crippen molar-refractivity contribution in [2.24, 2.45) is 5.73 Å². The average Bonchev–Trinajstić information content (AvgIpc) is 2.77. The van der Waals surface area contributed by atoms with E-state index in [9.17, 15) is 4.79 Å². The van der Waals surface area contributed by atoms with Crippen LogP contribution in [0.4, 0.5) is 0 Å². The number of ether oxygens (including phenoxy) is 3. The van der Waals surface area contributed by atoms with Crippen LogP contribution in [0.25, 0.3) is 0 Å². The van der Waals surface area contributed by atoms with E-state index in [-0.39, 0.29) is 18.7 Å². The van der Waals surface area contributed by atoms with Crippen molar-refractivity contribution in [3.05, 3.63) is 35.9 Å². The molecular weight excluding hydrogens is 246 g/mol. The Kier molecular flexibility index (Phi) is 4.19. The van der Waals surface area contributed by atoms with Crippen LogP contribution < -0.4 is 5.73 Å². The highest BCUT2D eigenvalue weighted by atomic mass is 16.7. The first-order chi connectivity index (χ1) is 8.98. The second-order valence-electron chi connectivity index (χ2n) is 5.00. The zero-order valence-corrected chi connectivity index (χ0v) is 11.2. The molecule has 0 spiro atoms. The molecule has 5 heteroatoms. The first-order valence-electron chi connectivity index (χ1n) is 6.27. The number of esters is 1. The molecule has 0 amide bonds. The Bertz CT molecular complexity index is 432. The highest BCUT2D eigenvalue weighted by Crippen LogP contribution is 2.23. The Morgan fingerprint density at radius 2 is 2.16 bits per heavy atom. The maximum atomic E-state index is 11.7. The Hall–Kier alpha value is -1.43. The van der Waals surface area contributed by atoms with Gasteiger partial charge >= 0.3 is 5.97 Å².